The zero-order valence-corrected chi connectivity index (χ0v) is 19.3. The van der Waals surface area contributed by atoms with Gasteiger partial charge in [0.15, 0.2) is 5.65 Å². The Kier molecular flexibility index (Phi) is 4.98. The van der Waals surface area contributed by atoms with Crippen LogP contribution in [-0.2, 0) is 12.8 Å². The van der Waals surface area contributed by atoms with Crippen LogP contribution < -0.4 is 5.56 Å². The molecule has 32 heavy (non-hydrogen) atoms. The molecule has 8 nitrogen and oxygen atoms in total. The van der Waals surface area contributed by atoms with E-state index in [1.54, 1.807) is 13.1 Å². The van der Waals surface area contributed by atoms with Crippen molar-refractivity contribution in [1.82, 2.24) is 24.7 Å². The molecular weight excluding hydrogens is 406 g/mol. The molecule has 1 amide bonds. The summed E-state index contributed by atoms with van der Waals surface area (Å²) in [6.07, 6.45) is 6.47. The van der Waals surface area contributed by atoms with Gasteiger partial charge in [0.1, 0.15) is 11.3 Å². The largest absolute Gasteiger partial charge is 0.361 e. The highest BCUT2D eigenvalue weighted by molar-refractivity contribution is 5.99. The Balaban J connectivity index is 1.31. The number of fused-ring (bicyclic) bond motifs is 2. The van der Waals surface area contributed by atoms with Crippen molar-refractivity contribution in [3.05, 3.63) is 50.9 Å². The quantitative estimate of drug-likeness (QED) is 0.662. The van der Waals surface area contributed by atoms with E-state index in [2.05, 4.69) is 36.0 Å². The second-order valence-electron chi connectivity index (χ2n) is 10.4. The van der Waals surface area contributed by atoms with Gasteiger partial charge in [0.2, 0.25) is 0 Å². The number of aromatic nitrogens is 4. The lowest BCUT2D eigenvalue weighted by Gasteiger charge is -2.34. The van der Waals surface area contributed by atoms with Gasteiger partial charge in [0, 0.05) is 42.5 Å². The number of piperidine rings is 1. The van der Waals surface area contributed by atoms with Crippen LogP contribution in [0.2, 0.25) is 0 Å². The van der Waals surface area contributed by atoms with Crippen LogP contribution in [0, 0.1) is 18.3 Å². The summed E-state index contributed by atoms with van der Waals surface area (Å²) in [7, 11) is 0. The summed E-state index contributed by atoms with van der Waals surface area (Å²) in [6.45, 7) is 10.00. The molecule has 5 rings (SSSR count). The van der Waals surface area contributed by atoms with Crippen molar-refractivity contribution in [3.63, 3.8) is 0 Å². The number of nitrogens with zero attached hydrogens (tertiary/aromatic N) is 4. The van der Waals surface area contributed by atoms with Gasteiger partial charge in [-0.15, -0.1) is 0 Å². The molecule has 1 N–H and O–H groups in total. The van der Waals surface area contributed by atoms with Crippen molar-refractivity contribution >= 4 is 11.6 Å². The normalized spacial score (nSPS) is 20.0. The first kappa shape index (κ1) is 21.0. The number of hydrogen-bond acceptors (Lipinski definition) is 5. The molecule has 3 aromatic rings. The first-order valence-electron chi connectivity index (χ1n) is 11.6. The SMILES string of the molecule is Cc1cc(=O)n2[nH]cc(C(=O)N3CCC(c4onc5c4CC(C(C)(C)C)CC5)CC3)c2n1. The van der Waals surface area contributed by atoms with Gasteiger partial charge in [-0.3, -0.25) is 14.7 Å². The smallest absolute Gasteiger partial charge is 0.272 e. The van der Waals surface area contributed by atoms with E-state index in [9.17, 15) is 9.59 Å². The van der Waals surface area contributed by atoms with E-state index >= 15 is 0 Å². The number of aryl methyl sites for hydroxylation is 2. The maximum absolute atomic E-state index is 13.2. The van der Waals surface area contributed by atoms with Gasteiger partial charge in [0.05, 0.1) is 5.69 Å². The predicted octanol–water partition coefficient (Wildman–Crippen LogP) is 3.49. The molecule has 1 aliphatic heterocycles. The van der Waals surface area contributed by atoms with Crippen LogP contribution in [0.1, 0.15) is 79.0 Å². The minimum Gasteiger partial charge on any atom is -0.361 e. The molecule has 0 saturated carbocycles. The average Bonchev–Trinajstić information content (AvgIpc) is 3.36. The first-order valence-corrected chi connectivity index (χ1v) is 11.6. The lowest BCUT2D eigenvalue weighted by molar-refractivity contribution is 0.0707. The summed E-state index contributed by atoms with van der Waals surface area (Å²) in [4.78, 5) is 31.6. The topological polar surface area (TPSA) is 96.5 Å². The van der Waals surface area contributed by atoms with E-state index in [0.717, 1.165) is 43.6 Å². The third-order valence-electron chi connectivity index (χ3n) is 7.31. The van der Waals surface area contributed by atoms with Crippen molar-refractivity contribution < 1.29 is 9.32 Å². The first-order chi connectivity index (χ1) is 15.2. The Morgan fingerprint density at radius 3 is 2.69 bits per heavy atom. The van der Waals surface area contributed by atoms with E-state index in [1.165, 1.54) is 16.1 Å². The van der Waals surface area contributed by atoms with Gasteiger partial charge >= 0.3 is 0 Å². The van der Waals surface area contributed by atoms with Crippen molar-refractivity contribution in [1.29, 1.82) is 0 Å². The zero-order valence-electron chi connectivity index (χ0n) is 19.3. The third-order valence-corrected chi connectivity index (χ3v) is 7.31. The summed E-state index contributed by atoms with van der Waals surface area (Å²) in [5.74, 6) is 1.88. The highest BCUT2D eigenvalue weighted by atomic mass is 16.5. The lowest BCUT2D eigenvalue weighted by Crippen LogP contribution is -2.38. The Morgan fingerprint density at radius 2 is 1.97 bits per heavy atom. The van der Waals surface area contributed by atoms with Crippen molar-refractivity contribution in [2.75, 3.05) is 13.1 Å². The van der Waals surface area contributed by atoms with E-state index in [0.29, 0.717) is 41.8 Å². The maximum atomic E-state index is 13.2. The van der Waals surface area contributed by atoms with Crippen LogP contribution in [0.4, 0.5) is 0 Å². The fourth-order valence-electron chi connectivity index (χ4n) is 5.26. The third kappa shape index (κ3) is 3.55. The Morgan fingerprint density at radius 1 is 1.22 bits per heavy atom. The number of hydrogen-bond donors (Lipinski definition) is 1. The minimum absolute atomic E-state index is 0.0907. The zero-order chi connectivity index (χ0) is 22.6. The highest BCUT2D eigenvalue weighted by Crippen LogP contribution is 2.41. The van der Waals surface area contributed by atoms with Crippen molar-refractivity contribution in [2.24, 2.45) is 11.3 Å². The molecule has 0 bridgehead atoms. The van der Waals surface area contributed by atoms with Gasteiger partial charge in [-0.1, -0.05) is 25.9 Å². The van der Waals surface area contributed by atoms with Gasteiger partial charge < -0.3 is 9.42 Å². The van der Waals surface area contributed by atoms with Crippen LogP contribution in [0.15, 0.2) is 21.6 Å². The summed E-state index contributed by atoms with van der Waals surface area (Å²) in [5.41, 5.74) is 3.94. The van der Waals surface area contributed by atoms with Crippen molar-refractivity contribution in [3.8, 4) is 0 Å². The summed E-state index contributed by atoms with van der Waals surface area (Å²) in [5, 5.41) is 7.25. The molecule has 8 heteroatoms. The summed E-state index contributed by atoms with van der Waals surface area (Å²) < 4.78 is 7.18. The number of H-pyrrole nitrogens is 1. The highest BCUT2D eigenvalue weighted by Gasteiger charge is 2.36. The molecule has 1 unspecified atom stereocenters. The van der Waals surface area contributed by atoms with Crippen molar-refractivity contribution in [2.45, 2.75) is 65.7 Å². The van der Waals surface area contributed by atoms with E-state index < -0.39 is 0 Å². The second kappa shape index (κ2) is 7.60. The molecule has 1 saturated heterocycles. The van der Waals surface area contributed by atoms with E-state index in [1.807, 2.05) is 4.90 Å². The number of carbonyl (C=O) groups excluding carboxylic acids is 1. The van der Waals surface area contributed by atoms with E-state index in [4.69, 9.17) is 4.52 Å². The number of amides is 1. The van der Waals surface area contributed by atoms with Gasteiger partial charge in [-0.2, -0.15) is 0 Å². The van der Waals surface area contributed by atoms with Crippen LogP contribution in [-0.4, -0.2) is 43.7 Å². The fraction of sp³-hybridized carbons (Fsp3) is 0.583. The van der Waals surface area contributed by atoms with Crippen LogP contribution in [0.5, 0.6) is 0 Å². The summed E-state index contributed by atoms with van der Waals surface area (Å²) >= 11 is 0. The number of carbonyl (C=O) groups is 1. The number of rotatable bonds is 2. The van der Waals surface area contributed by atoms with Crippen LogP contribution in [0.25, 0.3) is 5.65 Å². The molecule has 4 heterocycles. The summed E-state index contributed by atoms with van der Waals surface area (Å²) in [6, 6.07) is 1.45. The predicted molar refractivity (Wildman–Crippen MR) is 120 cm³/mol. The number of nitrogens with one attached hydrogen (secondary N) is 1. The molecule has 1 atom stereocenters. The monoisotopic (exact) mass is 437 g/mol. The van der Waals surface area contributed by atoms with Crippen LogP contribution in [0.3, 0.4) is 0 Å². The molecule has 0 spiro atoms. The number of aromatic amines is 1. The molecular formula is C24H31N5O3. The maximum Gasteiger partial charge on any atom is 0.272 e. The molecule has 3 aromatic heterocycles. The average molecular weight is 438 g/mol. The van der Waals surface area contributed by atoms with Crippen LogP contribution >= 0.6 is 0 Å². The molecule has 1 aliphatic carbocycles. The molecule has 1 fully saturated rings. The Labute approximate surface area is 187 Å². The van der Waals surface area contributed by atoms with Gasteiger partial charge in [0.25, 0.3) is 11.5 Å². The second-order valence-corrected chi connectivity index (χ2v) is 10.4. The minimum atomic E-state index is -0.214. The molecule has 170 valence electrons. The van der Waals surface area contributed by atoms with E-state index in [-0.39, 0.29) is 16.9 Å². The number of likely N-dealkylation sites (tertiary alicyclic amines) is 1. The lowest BCUT2D eigenvalue weighted by atomic mass is 9.71. The van der Waals surface area contributed by atoms with Gasteiger partial charge in [-0.05, 0) is 50.4 Å². The van der Waals surface area contributed by atoms with Gasteiger partial charge in [-0.25, -0.2) is 9.50 Å². The fourth-order valence-corrected chi connectivity index (χ4v) is 5.26. The Hall–Kier alpha value is -2.90. The Bertz CT molecular complexity index is 1220. The molecule has 0 aromatic carbocycles. The standard InChI is InChI=1S/C24H31N5O3/c1-14-11-20(30)29-22(26-14)18(13-25-29)23(31)28-9-7-15(8-10-28)21-17-12-16(24(2,3)4)5-6-19(17)27-32-21/h11,13,15-16,25H,5-10,12H2,1-4H3. The molecule has 2 aliphatic rings. The molecule has 0 radical (unpaired) electrons.